The van der Waals surface area contributed by atoms with Crippen molar-refractivity contribution in [1.82, 2.24) is 10.2 Å². The second-order valence-corrected chi connectivity index (χ2v) is 5.82. The Bertz CT molecular complexity index is 402. The molecule has 0 heterocycles. The Hall–Kier alpha value is -1.06. The summed E-state index contributed by atoms with van der Waals surface area (Å²) in [4.78, 5) is 2.41. The Labute approximate surface area is 118 Å². The van der Waals surface area contributed by atoms with Crippen molar-refractivity contribution in [3.8, 4) is 5.75 Å². The molecule has 1 N–H and O–H groups in total. The van der Waals surface area contributed by atoms with E-state index in [9.17, 15) is 0 Å². The maximum absolute atomic E-state index is 5.29. The molecule has 0 fully saturated rings. The average Bonchev–Trinajstić information content (AvgIpc) is 2.36. The minimum Gasteiger partial charge on any atom is -0.496 e. The van der Waals surface area contributed by atoms with E-state index in [1.165, 1.54) is 11.1 Å². The Morgan fingerprint density at radius 3 is 2.53 bits per heavy atom. The lowest BCUT2D eigenvalue weighted by Gasteiger charge is -2.35. The van der Waals surface area contributed by atoms with Crippen LogP contribution in [0.15, 0.2) is 18.2 Å². The summed E-state index contributed by atoms with van der Waals surface area (Å²) in [5.74, 6) is 0.965. The van der Waals surface area contributed by atoms with E-state index >= 15 is 0 Å². The first-order valence-electron chi connectivity index (χ1n) is 6.90. The Morgan fingerprint density at radius 1 is 1.32 bits per heavy atom. The fourth-order valence-electron chi connectivity index (χ4n) is 2.26. The van der Waals surface area contributed by atoms with Crippen LogP contribution in [0.3, 0.4) is 0 Å². The van der Waals surface area contributed by atoms with Crippen molar-refractivity contribution in [1.29, 1.82) is 0 Å². The van der Waals surface area contributed by atoms with Gasteiger partial charge >= 0.3 is 0 Å². The van der Waals surface area contributed by atoms with E-state index < -0.39 is 0 Å². The number of ether oxygens (including phenoxy) is 1. The van der Waals surface area contributed by atoms with Crippen molar-refractivity contribution < 1.29 is 4.74 Å². The molecule has 0 atom stereocenters. The van der Waals surface area contributed by atoms with Gasteiger partial charge in [-0.05, 0) is 58.5 Å². The van der Waals surface area contributed by atoms with Crippen LogP contribution in [0.4, 0.5) is 0 Å². The zero-order valence-electron chi connectivity index (χ0n) is 13.2. The lowest BCUT2D eigenvalue weighted by molar-refractivity contribution is 0.157. The third kappa shape index (κ3) is 4.51. The van der Waals surface area contributed by atoms with Gasteiger partial charge in [-0.15, -0.1) is 0 Å². The van der Waals surface area contributed by atoms with E-state index in [0.717, 1.165) is 25.3 Å². The Balaban J connectivity index is 2.59. The van der Waals surface area contributed by atoms with E-state index in [4.69, 9.17) is 4.74 Å². The van der Waals surface area contributed by atoms with Gasteiger partial charge in [-0.25, -0.2) is 0 Å². The second-order valence-electron chi connectivity index (χ2n) is 5.82. The van der Waals surface area contributed by atoms with E-state index in [0.29, 0.717) is 0 Å². The van der Waals surface area contributed by atoms with Crippen LogP contribution in [0.5, 0.6) is 5.75 Å². The SMILES string of the molecule is CNCC(C)(C)N(C)CCc1ccc(OC)c(C)c1. The van der Waals surface area contributed by atoms with Crippen LogP contribution in [0, 0.1) is 6.92 Å². The van der Waals surface area contributed by atoms with E-state index in [1.807, 2.05) is 7.05 Å². The summed E-state index contributed by atoms with van der Waals surface area (Å²) in [6.45, 7) is 8.67. The number of methoxy groups -OCH3 is 1. The first-order valence-corrected chi connectivity index (χ1v) is 6.90. The summed E-state index contributed by atoms with van der Waals surface area (Å²) >= 11 is 0. The smallest absolute Gasteiger partial charge is 0.121 e. The maximum Gasteiger partial charge on any atom is 0.121 e. The lowest BCUT2D eigenvalue weighted by atomic mass is 10.0. The molecule has 0 bridgehead atoms. The van der Waals surface area contributed by atoms with Gasteiger partial charge in [-0.3, -0.25) is 4.90 Å². The van der Waals surface area contributed by atoms with Gasteiger partial charge < -0.3 is 10.1 Å². The first-order chi connectivity index (χ1) is 8.90. The zero-order chi connectivity index (χ0) is 14.5. The van der Waals surface area contributed by atoms with Gasteiger partial charge in [0.2, 0.25) is 0 Å². The zero-order valence-corrected chi connectivity index (χ0v) is 13.2. The molecule has 3 heteroatoms. The summed E-state index contributed by atoms with van der Waals surface area (Å²) in [5.41, 5.74) is 2.75. The molecule has 0 aliphatic rings. The highest BCUT2D eigenvalue weighted by Crippen LogP contribution is 2.19. The van der Waals surface area contributed by atoms with Crippen molar-refractivity contribution >= 4 is 0 Å². The largest absolute Gasteiger partial charge is 0.496 e. The van der Waals surface area contributed by atoms with Gasteiger partial charge in [0, 0.05) is 18.6 Å². The van der Waals surface area contributed by atoms with Crippen molar-refractivity contribution in [2.45, 2.75) is 32.7 Å². The van der Waals surface area contributed by atoms with Crippen LogP contribution in [0.1, 0.15) is 25.0 Å². The standard InChI is InChI=1S/C16H28N2O/c1-13-11-14(7-8-15(13)19-6)9-10-18(5)16(2,3)12-17-4/h7-8,11,17H,9-10,12H2,1-6H3. The van der Waals surface area contributed by atoms with Gasteiger partial charge in [0.25, 0.3) is 0 Å². The summed E-state index contributed by atoms with van der Waals surface area (Å²) in [5, 5.41) is 3.25. The predicted molar refractivity (Wildman–Crippen MR) is 82.1 cm³/mol. The number of rotatable bonds is 7. The second kappa shape index (κ2) is 6.92. The molecule has 0 aliphatic heterocycles. The quantitative estimate of drug-likeness (QED) is 0.819. The third-order valence-corrected chi connectivity index (χ3v) is 3.84. The fraction of sp³-hybridized carbons (Fsp3) is 0.625. The molecule has 0 spiro atoms. The summed E-state index contributed by atoms with van der Waals surface area (Å²) < 4.78 is 5.29. The molecule has 19 heavy (non-hydrogen) atoms. The first kappa shape index (κ1) is 16.0. The number of nitrogens with zero attached hydrogens (tertiary/aromatic N) is 1. The van der Waals surface area contributed by atoms with Gasteiger partial charge in [0.1, 0.15) is 5.75 Å². The number of hydrogen-bond acceptors (Lipinski definition) is 3. The third-order valence-electron chi connectivity index (χ3n) is 3.84. The molecule has 0 saturated heterocycles. The minimum atomic E-state index is 0.177. The van der Waals surface area contributed by atoms with Crippen molar-refractivity contribution in [2.75, 3.05) is 34.3 Å². The molecule has 1 aromatic carbocycles. The normalized spacial score (nSPS) is 11.9. The topological polar surface area (TPSA) is 24.5 Å². The van der Waals surface area contributed by atoms with E-state index in [-0.39, 0.29) is 5.54 Å². The lowest BCUT2D eigenvalue weighted by Crippen LogP contribution is -2.48. The van der Waals surface area contributed by atoms with Gasteiger partial charge in [0.15, 0.2) is 0 Å². The molecule has 3 nitrogen and oxygen atoms in total. The maximum atomic E-state index is 5.29. The van der Waals surface area contributed by atoms with Gasteiger partial charge in [-0.2, -0.15) is 0 Å². The Kier molecular flexibility index (Phi) is 5.83. The fourth-order valence-corrected chi connectivity index (χ4v) is 2.26. The molecule has 0 amide bonds. The highest BCUT2D eigenvalue weighted by atomic mass is 16.5. The summed E-state index contributed by atoms with van der Waals surface area (Å²) in [7, 11) is 5.91. The minimum absolute atomic E-state index is 0.177. The highest BCUT2D eigenvalue weighted by Gasteiger charge is 2.21. The van der Waals surface area contributed by atoms with Crippen LogP contribution in [0.25, 0.3) is 0 Å². The monoisotopic (exact) mass is 264 g/mol. The van der Waals surface area contributed by atoms with Crippen molar-refractivity contribution in [3.63, 3.8) is 0 Å². The molecule has 0 unspecified atom stereocenters. The molecule has 0 aromatic heterocycles. The van der Waals surface area contributed by atoms with Crippen LogP contribution < -0.4 is 10.1 Å². The average molecular weight is 264 g/mol. The molecule has 0 aliphatic carbocycles. The molecule has 1 aromatic rings. The van der Waals surface area contributed by atoms with Gasteiger partial charge in [-0.1, -0.05) is 12.1 Å². The van der Waals surface area contributed by atoms with Crippen LogP contribution >= 0.6 is 0 Å². The number of aryl methyl sites for hydroxylation is 1. The van der Waals surface area contributed by atoms with Gasteiger partial charge in [0.05, 0.1) is 7.11 Å². The van der Waals surface area contributed by atoms with Crippen molar-refractivity contribution in [2.24, 2.45) is 0 Å². The molecular formula is C16H28N2O. The molecule has 0 saturated carbocycles. The molecule has 108 valence electrons. The number of hydrogen-bond donors (Lipinski definition) is 1. The van der Waals surface area contributed by atoms with E-state index in [1.54, 1.807) is 7.11 Å². The van der Waals surface area contributed by atoms with Crippen LogP contribution in [0.2, 0.25) is 0 Å². The van der Waals surface area contributed by atoms with Crippen LogP contribution in [-0.2, 0) is 6.42 Å². The van der Waals surface area contributed by atoms with E-state index in [2.05, 4.69) is 56.2 Å². The Morgan fingerprint density at radius 2 is 2.00 bits per heavy atom. The molecular weight excluding hydrogens is 236 g/mol. The number of benzene rings is 1. The number of likely N-dealkylation sites (N-methyl/N-ethyl adjacent to an activating group) is 2. The highest BCUT2D eigenvalue weighted by molar-refractivity contribution is 5.36. The van der Waals surface area contributed by atoms with Crippen molar-refractivity contribution in [3.05, 3.63) is 29.3 Å². The summed E-state index contributed by atoms with van der Waals surface area (Å²) in [6.07, 6.45) is 1.06. The molecule has 1 rings (SSSR count). The molecule has 0 radical (unpaired) electrons. The summed E-state index contributed by atoms with van der Waals surface area (Å²) in [6, 6.07) is 6.44. The predicted octanol–water partition coefficient (Wildman–Crippen LogP) is 2.48. The van der Waals surface area contributed by atoms with Crippen LogP contribution in [-0.4, -0.2) is 44.7 Å². The number of nitrogens with one attached hydrogen (secondary N) is 1.